The molecule has 0 bridgehead atoms. The molecule has 0 rings (SSSR count). The molecule has 0 saturated heterocycles. The van der Waals surface area contributed by atoms with E-state index in [9.17, 15) is 26.3 Å². The maximum Gasteiger partial charge on any atom is 0.443 e. The molecule has 1 unspecified atom stereocenters. The molecule has 0 aliphatic carbocycles. The van der Waals surface area contributed by atoms with Crippen molar-refractivity contribution >= 4 is 11.6 Å². The Bertz CT molecular complexity index is 181. The highest BCUT2D eigenvalue weighted by Crippen LogP contribution is 2.48. The molecule has 72 valence electrons. The van der Waals surface area contributed by atoms with Gasteiger partial charge in [0, 0.05) is 0 Å². The van der Waals surface area contributed by atoms with Gasteiger partial charge in [0.25, 0.3) is 0 Å². The van der Waals surface area contributed by atoms with Crippen molar-refractivity contribution in [3.05, 3.63) is 12.7 Å². The SMILES string of the molecule is C=CC(F)(F)C(F)(Cl)C(F)(F)F. The fourth-order valence-corrected chi connectivity index (χ4v) is 0.394. The normalized spacial score (nSPS) is 18.6. The van der Waals surface area contributed by atoms with Crippen LogP contribution in [0.15, 0.2) is 12.7 Å². The molecule has 7 heteroatoms. The Labute approximate surface area is 68.8 Å². The lowest BCUT2D eigenvalue weighted by molar-refractivity contribution is -0.252. The van der Waals surface area contributed by atoms with Crippen molar-refractivity contribution in [3.63, 3.8) is 0 Å². The van der Waals surface area contributed by atoms with E-state index in [0.29, 0.717) is 0 Å². The zero-order valence-corrected chi connectivity index (χ0v) is 6.19. The molecule has 0 spiro atoms. The first-order chi connectivity index (χ1) is 5.06. The molecule has 0 fully saturated rings. The molecule has 0 N–H and O–H groups in total. The highest BCUT2D eigenvalue weighted by Gasteiger charge is 2.69. The summed E-state index contributed by atoms with van der Waals surface area (Å²) >= 11 is 3.99. The van der Waals surface area contributed by atoms with E-state index in [1.54, 1.807) is 0 Å². The molecule has 12 heavy (non-hydrogen) atoms. The predicted octanol–water partition coefficient (Wildman–Crippen LogP) is 3.27. The molecule has 0 radical (unpaired) electrons. The van der Waals surface area contributed by atoms with Gasteiger partial charge in [0.15, 0.2) is 0 Å². The van der Waals surface area contributed by atoms with E-state index in [0.717, 1.165) is 0 Å². The first-order valence-corrected chi connectivity index (χ1v) is 2.90. The van der Waals surface area contributed by atoms with Crippen LogP contribution in [0.1, 0.15) is 0 Å². The average molecular weight is 213 g/mol. The molecule has 0 nitrogen and oxygen atoms in total. The van der Waals surface area contributed by atoms with Crippen LogP contribution >= 0.6 is 11.6 Å². The van der Waals surface area contributed by atoms with Crippen LogP contribution in [0.5, 0.6) is 0 Å². The number of alkyl halides is 7. The number of hydrogen-bond donors (Lipinski definition) is 0. The molecule has 1 atom stereocenters. The number of hydrogen-bond acceptors (Lipinski definition) is 0. The van der Waals surface area contributed by atoms with E-state index < -0.39 is 23.3 Å². The third-order valence-electron chi connectivity index (χ3n) is 1.03. The van der Waals surface area contributed by atoms with Gasteiger partial charge in [-0.3, -0.25) is 0 Å². The third-order valence-corrected chi connectivity index (χ3v) is 1.50. The van der Waals surface area contributed by atoms with Crippen molar-refractivity contribution in [2.45, 2.75) is 17.2 Å². The summed E-state index contributed by atoms with van der Waals surface area (Å²) in [4.78, 5) is 0. The quantitative estimate of drug-likeness (QED) is 0.374. The van der Waals surface area contributed by atoms with Gasteiger partial charge < -0.3 is 0 Å². The first kappa shape index (κ1) is 11.6. The van der Waals surface area contributed by atoms with Crippen molar-refractivity contribution in [1.82, 2.24) is 0 Å². The summed E-state index contributed by atoms with van der Waals surface area (Å²) in [6.45, 7) is 2.34. The minimum Gasteiger partial charge on any atom is -0.209 e. The van der Waals surface area contributed by atoms with Crippen LogP contribution in [0, 0.1) is 0 Å². The Morgan fingerprint density at radius 2 is 1.33 bits per heavy atom. The van der Waals surface area contributed by atoms with E-state index in [1.807, 2.05) is 0 Å². The highest BCUT2D eigenvalue weighted by atomic mass is 35.5. The van der Waals surface area contributed by atoms with Gasteiger partial charge in [0.05, 0.1) is 0 Å². The van der Waals surface area contributed by atoms with Crippen LogP contribution in [0.25, 0.3) is 0 Å². The lowest BCUT2D eigenvalue weighted by atomic mass is 10.2. The second kappa shape index (κ2) is 2.83. The fourth-order valence-electron chi connectivity index (χ4n) is 0.317. The summed E-state index contributed by atoms with van der Waals surface area (Å²) in [5, 5.41) is -5.10. The molecular weight excluding hydrogens is 209 g/mol. The van der Waals surface area contributed by atoms with E-state index in [-0.39, 0.29) is 0 Å². The standard InChI is InChI=1S/C5H3ClF6/c1-2-3(7,8)4(6,9)5(10,11)12/h2H,1H2. The molecule has 0 saturated carbocycles. The second-order valence-corrected chi connectivity index (χ2v) is 2.42. The molecule has 0 aromatic heterocycles. The summed E-state index contributed by atoms with van der Waals surface area (Å²) in [5.74, 6) is -4.84. The van der Waals surface area contributed by atoms with Crippen LogP contribution in [0.4, 0.5) is 26.3 Å². The largest absolute Gasteiger partial charge is 0.443 e. The summed E-state index contributed by atoms with van der Waals surface area (Å²) in [6.07, 6.45) is -6.33. The Hall–Kier alpha value is -0.390. The molecule has 0 amide bonds. The average Bonchev–Trinajstić information content (AvgIpc) is 1.85. The molecule has 0 heterocycles. The second-order valence-electron chi connectivity index (χ2n) is 1.90. The third kappa shape index (κ3) is 1.68. The number of halogens is 7. The summed E-state index contributed by atoms with van der Waals surface area (Å²) in [7, 11) is 0. The molecule has 0 aromatic carbocycles. The molecule has 0 aromatic rings. The van der Waals surface area contributed by atoms with Crippen LogP contribution < -0.4 is 0 Å². The van der Waals surface area contributed by atoms with Crippen molar-refractivity contribution in [3.8, 4) is 0 Å². The van der Waals surface area contributed by atoms with Crippen LogP contribution in [-0.4, -0.2) is 17.2 Å². The Kier molecular flexibility index (Phi) is 2.74. The molecular formula is C5H3ClF6. The van der Waals surface area contributed by atoms with Crippen LogP contribution in [0.3, 0.4) is 0 Å². The molecule has 0 aliphatic rings. The van der Waals surface area contributed by atoms with E-state index in [2.05, 4.69) is 18.2 Å². The van der Waals surface area contributed by atoms with Crippen molar-refractivity contribution in [2.24, 2.45) is 0 Å². The summed E-state index contributed by atoms with van der Waals surface area (Å²) in [5.41, 5.74) is 0. The van der Waals surface area contributed by atoms with Gasteiger partial charge in [0.2, 0.25) is 0 Å². The minimum absolute atomic E-state index is 0.493. The minimum atomic E-state index is -5.84. The summed E-state index contributed by atoms with van der Waals surface area (Å²) < 4.78 is 70.8. The van der Waals surface area contributed by atoms with E-state index in [1.165, 1.54) is 0 Å². The topological polar surface area (TPSA) is 0 Å². The smallest absolute Gasteiger partial charge is 0.209 e. The lowest BCUT2D eigenvalue weighted by Gasteiger charge is -2.26. The van der Waals surface area contributed by atoms with Gasteiger partial charge in [-0.25, -0.2) is 4.39 Å². The lowest BCUT2D eigenvalue weighted by Crippen LogP contribution is -2.49. The zero-order valence-electron chi connectivity index (χ0n) is 5.43. The van der Waals surface area contributed by atoms with Gasteiger partial charge in [-0.05, 0) is 6.08 Å². The maximum atomic E-state index is 12.2. The zero-order chi connectivity index (χ0) is 10.2. The Morgan fingerprint density at radius 3 is 1.42 bits per heavy atom. The fraction of sp³-hybridized carbons (Fsp3) is 0.600. The van der Waals surface area contributed by atoms with Crippen molar-refractivity contribution in [1.29, 1.82) is 0 Å². The van der Waals surface area contributed by atoms with Crippen molar-refractivity contribution in [2.75, 3.05) is 0 Å². The monoisotopic (exact) mass is 212 g/mol. The van der Waals surface area contributed by atoms with E-state index >= 15 is 0 Å². The summed E-state index contributed by atoms with van der Waals surface area (Å²) in [6, 6.07) is 0. The highest BCUT2D eigenvalue weighted by molar-refractivity contribution is 6.24. The van der Waals surface area contributed by atoms with E-state index in [4.69, 9.17) is 0 Å². The molecule has 0 aliphatic heterocycles. The number of allylic oxidation sites excluding steroid dienone is 1. The predicted molar refractivity (Wildman–Crippen MR) is 30.9 cm³/mol. The van der Waals surface area contributed by atoms with Gasteiger partial charge >= 0.3 is 17.2 Å². The Morgan fingerprint density at radius 1 is 1.00 bits per heavy atom. The van der Waals surface area contributed by atoms with Gasteiger partial charge in [-0.15, -0.1) is 0 Å². The first-order valence-electron chi connectivity index (χ1n) is 2.52. The van der Waals surface area contributed by atoms with Crippen LogP contribution in [0.2, 0.25) is 0 Å². The van der Waals surface area contributed by atoms with Crippen LogP contribution in [-0.2, 0) is 0 Å². The van der Waals surface area contributed by atoms with Gasteiger partial charge in [-0.2, -0.15) is 22.0 Å². The van der Waals surface area contributed by atoms with Gasteiger partial charge in [-0.1, -0.05) is 18.2 Å². The number of rotatable bonds is 2. The van der Waals surface area contributed by atoms with Crippen molar-refractivity contribution < 1.29 is 26.3 Å². The maximum absolute atomic E-state index is 12.2. The Balaban J connectivity index is 4.97. The van der Waals surface area contributed by atoms with Gasteiger partial charge in [0.1, 0.15) is 0 Å².